The molecule has 4 nitrogen and oxygen atoms in total. The van der Waals surface area contributed by atoms with Gasteiger partial charge in [0.25, 0.3) is 5.91 Å². The molecule has 4 rings (SSSR count). The highest BCUT2D eigenvalue weighted by molar-refractivity contribution is 7.14. The molecular formula is C21H24N2O2S. The molecule has 0 bridgehead atoms. The van der Waals surface area contributed by atoms with Gasteiger partial charge in [0.15, 0.2) is 0 Å². The fourth-order valence-electron chi connectivity index (χ4n) is 3.85. The van der Waals surface area contributed by atoms with Gasteiger partial charge in [-0.15, -0.1) is 11.3 Å². The van der Waals surface area contributed by atoms with Gasteiger partial charge in [-0.3, -0.25) is 9.59 Å². The fourth-order valence-corrected chi connectivity index (χ4v) is 4.95. The van der Waals surface area contributed by atoms with Gasteiger partial charge in [0.1, 0.15) is 0 Å². The molecule has 1 saturated heterocycles. The average Bonchev–Trinajstić information content (AvgIpc) is 3.21. The molecule has 1 fully saturated rings. The molecule has 136 valence electrons. The maximum absolute atomic E-state index is 12.7. The predicted octanol–water partition coefficient (Wildman–Crippen LogP) is 4.25. The number of benzene rings is 1. The normalized spacial score (nSPS) is 19.5. The molecule has 1 atom stereocenters. The first-order chi connectivity index (χ1) is 12.6. The van der Waals surface area contributed by atoms with E-state index in [-0.39, 0.29) is 11.8 Å². The van der Waals surface area contributed by atoms with Crippen molar-refractivity contribution in [2.75, 3.05) is 11.9 Å². The highest BCUT2D eigenvalue weighted by Gasteiger charge is 2.22. The first kappa shape index (κ1) is 17.3. The Balaban J connectivity index is 1.44. The third-order valence-electron chi connectivity index (χ3n) is 5.28. The molecule has 2 aromatic rings. The Morgan fingerprint density at radius 3 is 3.00 bits per heavy atom. The molecule has 1 aromatic heterocycles. The third-order valence-corrected chi connectivity index (χ3v) is 6.52. The van der Waals surface area contributed by atoms with Crippen molar-refractivity contribution in [2.45, 2.75) is 45.6 Å². The highest BCUT2D eigenvalue weighted by atomic mass is 32.1. The lowest BCUT2D eigenvalue weighted by Gasteiger charge is -2.16. The van der Waals surface area contributed by atoms with Gasteiger partial charge in [-0.25, -0.2) is 0 Å². The number of nitrogens with one attached hydrogen (secondary N) is 1. The number of fused-ring (bicyclic) bond motifs is 1. The van der Waals surface area contributed by atoms with E-state index in [1.807, 2.05) is 29.2 Å². The number of hydrogen-bond donors (Lipinski definition) is 1. The summed E-state index contributed by atoms with van der Waals surface area (Å²) < 4.78 is 0. The molecule has 2 heterocycles. The van der Waals surface area contributed by atoms with Gasteiger partial charge in [0.2, 0.25) is 5.91 Å². The molecule has 0 saturated carbocycles. The van der Waals surface area contributed by atoms with Crippen molar-refractivity contribution < 1.29 is 9.59 Å². The van der Waals surface area contributed by atoms with Crippen molar-refractivity contribution in [3.8, 4) is 0 Å². The van der Waals surface area contributed by atoms with Crippen LogP contribution in [0, 0.1) is 5.92 Å². The molecular weight excluding hydrogens is 344 g/mol. The SMILES string of the molecule is CC1CCc2sc(C(=O)Nc3cccc(CN4CCCC4=O)c3)cc2C1. The van der Waals surface area contributed by atoms with E-state index in [2.05, 4.69) is 18.3 Å². The topological polar surface area (TPSA) is 49.4 Å². The van der Waals surface area contributed by atoms with Gasteiger partial charge in [0.05, 0.1) is 4.88 Å². The van der Waals surface area contributed by atoms with Crippen LogP contribution in [-0.4, -0.2) is 23.3 Å². The molecule has 0 radical (unpaired) electrons. The Bertz CT molecular complexity index is 842. The number of thiophene rings is 1. The zero-order valence-electron chi connectivity index (χ0n) is 15.1. The van der Waals surface area contributed by atoms with Crippen LogP contribution in [0.3, 0.4) is 0 Å². The standard InChI is InChI=1S/C21H24N2O2S/c1-14-7-8-18-16(10-14)12-19(26-18)21(25)22-17-5-2-4-15(11-17)13-23-9-3-6-20(23)24/h2,4-5,11-12,14H,3,6-10,13H2,1H3,(H,22,25). The Morgan fingerprint density at radius 1 is 1.31 bits per heavy atom. The van der Waals surface area contributed by atoms with E-state index in [4.69, 9.17) is 0 Å². The smallest absolute Gasteiger partial charge is 0.265 e. The number of rotatable bonds is 4. The van der Waals surface area contributed by atoms with E-state index >= 15 is 0 Å². The maximum atomic E-state index is 12.7. The second kappa shape index (κ2) is 7.23. The van der Waals surface area contributed by atoms with Crippen LogP contribution in [0.2, 0.25) is 0 Å². The van der Waals surface area contributed by atoms with Crippen LogP contribution >= 0.6 is 11.3 Å². The number of likely N-dealkylation sites (tertiary alicyclic amines) is 1. The monoisotopic (exact) mass is 368 g/mol. The second-order valence-electron chi connectivity index (χ2n) is 7.48. The van der Waals surface area contributed by atoms with Crippen molar-refractivity contribution in [1.82, 2.24) is 4.90 Å². The van der Waals surface area contributed by atoms with Crippen LogP contribution < -0.4 is 5.32 Å². The Kier molecular flexibility index (Phi) is 4.81. The molecule has 2 aliphatic rings. The summed E-state index contributed by atoms with van der Waals surface area (Å²) >= 11 is 1.63. The largest absolute Gasteiger partial charge is 0.338 e. The first-order valence-electron chi connectivity index (χ1n) is 9.38. The predicted molar refractivity (Wildman–Crippen MR) is 105 cm³/mol. The number of hydrogen-bond acceptors (Lipinski definition) is 3. The minimum atomic E-state index is -0.0357. The minimum absolute atomic E-state index is 0.0357. The summed E-state index contributed by atoms with van der Waals surface area (Å²) in [4.78, 5) is 28.5. The van der Waals surface area contributed by atoms with Gasteiger partial charge in [0, 0.05) is 30.1 Å². The van der Waals surface area contributed by atoms with Gasteiger partial charge < -0.3 is 10.2 Å². The van der Waals surface area contributed by atoms with Crippen LogP contribution in [-0.2, 0) is 24.2 Å². The van der Waals surface area contributed by atoms with Gasteiger partial charge in [-0.2, -0.15) is 0 Å². The van der Waals surface area contributed by atoms with Crippen molar-refractivity contribution in [1.29, 1.82) is 0 Å². The average molecular weight is 369 g/mol. The number of carbonyl (C=O) groups is 2. The van der Waals surface area contributed by atoms with E-state index in [0.717, 1.165) is 41.9 Å². The van der Waals surface area contributed by atoms with E-state index in [1.54, 1.807) is 11.3 Å². The zero-order valence-corrected chi connectivity index (χ0v) is 15.9. The van der Waals surface area contributed by atoms with Crippen molar-refractivity contribution in [3.05, 3.63) is 51.2 Å². The summed E-state index contributed by atoms with van der Waals surface area (Å²) in [7, 11) is 0. The summed E-state index contributed by atoms with van der Waals surface area (Å²) in [5, 5.41) is 3.02. The summed E-state index contributed by atoms with van der Waals surface area (Å²) in [5.74, 6) is 0.891. The van der Waals surface area contributed by atoms with E-state index in [0.29, 0.717) is 18.9 Å². The molecule has 1 unspecified atom stereocenters. The van der Waals surface area contributed by atoms with Crippen molar-refractivity contribution >= 4 is 28.8 Å². The summed E-state index contributed by atoms with van der Waals surface area (Å²) in [6.07, 6.45) is 4.98. The first-order valence-corrected chi connectivity index (χ1v) is 10.2. The van der Waals surface area contributed by atoms with Gasteiger partial charge >= 0.3 is 0 Å². The lowest BCUT2D eigenvalue weighted by Crippen LogP contribution is -2.23. The van der Waals surface area contributed by atoms with Gasteiger partial charge in [-0.05, 0) is 60.9 Å². The number of amides is 2. The lowest BCUT2D eigenvalue weighted by atomic mass is 9.90. The van der Waals surface area contributed by atoms with Crippen LogP contribution in [0.1, 0.15) is 51.9 Å². The summed E-state index contributed by atoms with van der Waals surface area (Å²) in [6.45, 7) is 3.72. The Hall–Kier alpha value is -2.14. The number of aryl methyl sites for hydroxylation is 1. The summed E-state index contributed by atoms with van der Waals surface area (Å²) in [6, 6.07) is 9.89. The van der Waals surface area contributed by atoms with Crippen LogP contribution in [0.4, 0.5) is 5.69 Å². The molecule has 1 N–H and O–H groups in total. The Morgan fingerprint density at radius 2 is 2.19 bits per heavy atom. The molecule has 1 aliphatic carbocycles. The van der Waals surface area contributed by atoms with E-state index in [1.165, 1.54) is 16.9 Å². The van der Waals surface area contributed by atoms with E-state index in [9.17, 15) is 9.59 Å². The van der Waals surface area contributed by atoms with Crippen LogP contribution in [0.5, 0.6) is 0 Å². The molecule has 26 heavy (non-hydrogen) atoms. The zero-order chi connectivity index (χ0) is 18.1. The quantitative estimate of drug-likeness (QED) is 0.877. The number of nitrogens with zero attached hydrogens (tertiary/aromatic N) is 1. The second-order valence-corrected chi connectivity index (χ2v) is 8.62. The van der Waals surface area contributed by atoms with Crippen molar-refractivity contribution in [3.63, 3.8) is 0 Å². The lowest BCUT2D eigenvalue weighted by molar-refractivity contribution is -0.128. The highest BCUT2D eigenvalue weighted by Crippen LogP contribution is 2.32. The van der Waals surface area contributed by atoms with Gasteiger partial charge in [-0.1, -0.05) is 19.1 Å². The molecule has 5 heteroatoms. The summed E-state index contributed by atoms with van der Waals surface area (Å²) in [5.41, 5.74) is 3.19. The fraction of sp³-hybridized carbons (Fsp3) is 0.429. The Labute approximate surface area is 158 Å². The minimum Gasteiger partial charge on any atom is -0.338 e. The van der Waals surface area contributed by atoms with E-state index < -0.39 is 0 Å². The molecule has 0 spiro atoms. The number of carbonyl (C=O) groups excluding carboxylic acids is 2. The van der Waals surface area contributed by atoms with Crippen LogP contribution in [0.25, 0.3) is 0 Å². The molecule has 2 amide bonds. The molecule has 1 aromatic carbocycles. The molecule has 1 aliphatic heterocycles. The third kappa shape index (κ3) is 3.68. The van der Waals surface area contributed by atoms with Crippen LogP contribution in [0.15, 0.2) is 30.3 Å². The number of anilines is 1. The maximum Gasteiger partial charge on any atom is 0.265 e. The van der Waals surface area contributed by atoms with Crippen molar-refractivity contribution in [2.24, 2.45) is 5.92 Å².